The van der Waals surface area contributed by atoms with Gasteiger partial charge in [-0.1, -0.05) is 38.3 Å². The highest BCUT2D eigenvalue weighted by Gasteiger charge is 2.29. The number of hydrogen-bond donors (Lipinski definition) is 1. The van der Waals surface area contributed by atoms with Crippen molar-refractivity contribution in [1.29, 1.82) is 0 Å². The van der Waals surface area contributed by atoms with Gasteiger partial charge in [0.1, 0.15) is 0 Å². The number of benzene rings is 1. The highest BCUT2D eigenvalue weighted by Crippen LogP contribution is 2.34. The van der Waals surface area contributed by atoms with Crippen LogP contribution >= 0.6 is 0 Å². The maximum Gasteiger partial charge on any atom is 0.0620 e. The molecule has 1 saturated carbocycles. The summed E-state index contributed by atoms with van der Waals surface area (Å²) in [6.45, 7) is 2.20. The molecule has 1 aliphatic rings. The molecule has 0 aliphatic heterocycles. The molecule has 1 aromatic rings. The molecule has 1 fully saturated rings. The molecule has 0 heterocycles. The minimum atomic E-state index is -0.936. The molecule has 1 aromatic carbocycles. The molecule has 3 unspecified atom stereocenters. The number of para-hydroxylation sites is 1. The summed E-state index contributed by atoms with van der Waals surface area (Å²) in [5, 5.41) is 0.304. The highest BCUT2D eigenvalue weighted by atomic mass is 32.2. The lowest BCUT2D eigenvalue weighted by Gasteiger charge is -2.30. The van der Waals surface area contributed by atoms with Crippen molar-refractivity contribution in [2.75, 3.05) is 5.73 Å². The Bertz CT molecular complexity index is 405. The predicted octanol–water partition coefficient (Wildman–Crippen LogP) is 3.35. The Kier molecular flexibility index (Phi) is 4.21. The summed E-state index contributed by atoms with van der Waals surface area (Å²) in [6.07, 6.45) is 5.93. The van der Waals surface area contributed by atoms with Crippen LogP contribution in [0.1, 0.15) is 39.0 Å². The maximum absolute atomic E-state index is 12.6. The first-order valence-electron chi connectivity index (χ1n) is 6.49. The SMILES string of the molecule is CCC1CCCCC1S(=O)c1ccccc1N. The van der Waals surface area contributed by atoms with Crippen molar-refractivity contribution in [3.63, 3.8) is 0 Å². The van der Waals surface area contributed by atoms with Crippen molar-refractivity contribution >= 4 is 16.5 Å². The van der Waals surface area contributed by atoms with E-state index < -0.39 is 10.8 Å². The second-order valence-corrected chi connectivity index (χ2v) is 6.47. The fraction of sp³-hybridized carbons (Fsp3) is 0.571. The van der Waals surface area contributed by atoms with Gasteiger partial charge in [-0.05, 0) is 30.9 Å². The zero-order chi connectivity index (χ0) is 12.3. The Hall–Kier alpha value is -0.830. The van der Waals surface area contributed by atoms with Gasteiger partial charge in [0, 0.05) is 10.9 Å². The smallest absolute Gasteiger partial charge is 0.0620 e. The van der Waals surface area contributed by atoms with E-state index in [1.54, 1.807) is 0 Å². The first-order chi connectivity index (χ1) is 8.24. The third-order valence-corrected chi connectivity index (χ3v) is 5.75. The van der Waals surface area contributed by atoms with Crippen LogP contribution < -0.4 is 5.73 Å². The van der Waals surface area contributed by atoms with Crippen molar-refractivity contribution < 1.29 is 4.21 Å². The third-order valence-electron chi connectivity index (χ3n) is 3.77. The zero-order valence-electron chi connectivity index (χ0n) is 10.4. The average Bonchev–Trinajstić information content (AvgIpc) is 2.38. The molecule has 0 spiro atoms. The van der Waals surface area contributed by atoms with Crippen molar-refractivity contribution in [2.45, 2.75) is 49.2 Å². The van der Waals surface area contributed by atoms with Crippen molar-refractivity contribution in [3.8, 4) is 0 Å². The van der Waals surface area contributed by atoms with Gasteiger partial charge in [0.15, 0.2) is 0 Å². The number of anilines is 1. The summed E-state index contributed by atoms with van der Waals surface area (Å²) >= 11 is 0. The van der Waals surface area contributed by atoms with Gasteiger partial charge in [-0.25, -0.2) is 0 Å². The fourth-order valence-electron chi connectivity index (χ4n) is 2.75. The van der Waals surface area contributed by atoms with E-state index in [0.717, 1.165) is 17.7 Å². The van der Waals surface area contributed by atoms with E-state index in [4.69, 9.17) is 5.73 Å². The molecular formula is C14H21NOS. The van der Waals surface area contributed by atoms with Gasteiger partial charge in [-0.15, -0.1) is 0 Å². The van der Waals surface area contributed by atoms with E-state index in [0.29, 0.717) is 16.9 Å². The van der Waals surface area contributed by atoms with Crippen LogP contribution in [-0.4, -0.2) is 9.46 Å². The van der Waals surface area contributed by atoms with Gasteiger partial charge >= 0.3 is 0 Å². The van der Waals surface area contributed by atoms with Gasteiger partial charge in [0.05, 0.1) is 15.7 Å². The molecule has 0 amide bonds. The molecule has 3 heteroatoms. The van der Waals surface area contributed by atoms with Crippen molar-refractivity contribution in [3.05, 3.63) is 24.3 Å². The van der Waals surface area contributed by atoms with Gasteiger partial charge < -0.3 is 5.73 Å². The third kappa shape index (κ3) is 2.71. The average molecular weight is 251 g/mol. The molecular weight excluding hydrogens is 230 g/mol. The monoisotopic (exact) mass is 251 g/mol. The Morgan fingerprint density at radius 1 is 1.29 bits per heavy atom. The van der Waals surface area contributed by atoms with Crippen LogP contribution in [0.3, 0.4) is 0 Å². The Labute approximate surface area is 106 Å². The largest absolute Gasteiger partial charge is 0.398 e. The van der Waals surface area contributed by atoms with E-state index in [-0.39, 0.29) is 0 Å². The van der Waals surface area contributed by atoms with Crippen LogP contribution in [-0.2, 0) is 10.8 Å². The summed E-state index contributed by atoms with van der Waals surface area (Å²) in [7, 11) is -0.936. The van der Waals surface area contributed by atoms with Crippen molar-refractivity contribution in [2.24, 2.45) is 5.92 Å². The minimum absolute atomic E-state index is 0.304. The second kappa shape index (κ2) is 5.67. The molecule has 2 rings (SSSR count). The number of rotatable bonds is 3. The summed E-state index contributed by atoms with van der Waals surface area (Å²) in [5.41, 5.74) is 6.59. The van der Waals surface area contributed by atoms with E-state index in [2.05, 4.69) is 6.92 Å². The van der Waals surface area contributed by atoms with Gasteiger partial charge in [0.25, 0.3) is 0 Å². The maximum atomic E-state index is 12.6. The normalized spacial score (nSPS) is 26.6. The molecule has 1 aliphatic carbocycles. The van der Waals surface area contributed by atoms with Crippen LogP contribution in [0.15, 0.2) is 29.2 Å². The molecule has 2 nitrogen and oxygen atoms in total. The van der Waals surface area contributed by atoms with Crippen LogP contribution in [0.5, 0.6) is 0 Å². The Morgan fingerprint density at radius 3 is 2.71 bits per heavy atom. The highest BCUT2D eigenvalue weighted by molar-refractivity contribution is 7.85. The topological polar surface area (TPSA) is 43.1 Å². The van der Waals surface area contributed by atoms with Gasteiger partial charge in [-0.2, -0.15) is 0 Å². The van der Waals surface area contributed by atoms with Gasteiger partial charge in [0.2, 0.25) is 0 Å². The van der Waals surface area contributed by atoms with Crippen LogP contribution in [0.25, 0.3) is 0 Å². The Morgan fingerprint density at radius 2 is 2.00 bits per heavy atom. The second-order valence-electron chi connectivity index (χ2n) is 4.83. The lowest BCUT2D eigenvalue weighted by atomic mass is 9.87. The zero-order valence-corrected chi connectivity index (χ0v) is 11.2. The van der Waals surface area contributed by atoms with E-state index in [1.165, 1.54) is 19.3 Å². The number of nitrogen functional groups attached to an aromatic ring is 1. The van der Waals surface area contributed by atoms with E-state index in [1.807, 2.05) is 24.3 Å². The molecule has 3 atom stereocenters. The Balaban J connectivity index is 2.21. The molecule has 17 heavy (non-hydrogen) atoms. The lowest BCUT2D eigenvalue weighted by molar-refractivity contribution is 0.355. The minimum Gasteiger partial charge on any atom is -0.398 e. The lowest BCUT2D eigenvalue weighted by Crippen LogP contribution is -2.29. The van der Waals surface area contributed by atoms with E-state index in [9.17, 15) is 4.21 Å². The molecule has 0 bridgehead atoms. The molecule has 0 radical (unpaired) electrons. The quantitative estimate of drug-likeness (QED) is 0.837. The summed E-state index contributed by atoms with van der Waals surface area (Å²) in [5.74, 6) is 0.601. The van der Waals surface area contributed by atoms with E-state index >= 15 is 0 Å². The van der Waals surface area contributed by atoms with Crippen LogP contribution in [0.2, 0.25) is 0 Å². The number of nitrogens with two attached hydrogens (primary N) is 1. The molecule has 94 valence electrons. The van der Waals surface area contributed by atoms with Gasteiger partial charge in [-0.3, -0.25) is 4.21 Å². The first-order valence-corrected chi connectivity index (χ1v) is 7.70. The molecule has 0 aromatic heterocycles. The fourth-order valence-corrected chi connectivity index (χ4v) is 4.65. The summed E-state index contributed by atoms with van der Waals surface area (Å²) in [4.78, 5) is 0.831. The first kappa shape index (κ1) is 12.6. The molecule has 0 saturated heterocycles. The van der Waals surface area contributed by atoms with Crippen molar-refractivity contribution in [1.82, 2.24) is 0 Å². The molecule has 2 N–H and O–H groups in total. The number of hydrogen-bond acceptors (Lipinski definition) is 2. The van der Waals surface area contributed by atoms with Crippen LogP contribution in [0, 0.1) is 5.92 Å². The standard InChI is InChI=1S/C14H21NOS/c1-2-11-7-3-5-9-13(11)17(16)14-10-6-4-8-12(14)15/h4,6,8,10-11,13H,2-3,5,7,9,15H2,1H3. The summed E-state index contributed by atoms with van der Waals surface area (Å²) in [6, 6.07) is 7.57. The van der Waals surface area contributed by atoms with Crippen LogP contribution in [0.4, 0.5) is 5.69 Å². The predicted molar refractivity (Wildman–Crippen MR) is 73.3 cm³/mol. The summed E-state index contributed by atoms with van der Waals surface area (Å²) < 4.78 is 12.6.